The summed E-state index contributed by atoms with van der Waals surface area (Å²) in [6.07, 6.45) is 0. The molecule has 0 bridgehead atoms. The topological polar surface area (TPSA) is 75.6 Å². The Kier molecular flexibility index (Phi) is 6.17. The largest absolute Gasteiger partial charge is 0.484 e. The highest BCUT2D eigenvalue weighted by molar-refractivity contribution is 5.92. The molecular weight excluding hydrogens is 318 g/mol. The third-order valence-corrected chi connectivity index (χ3v) is 3.96. The second kappa shape index (κ2) is 8.33. The van der Waals surface area contributed by atoms with Crippen LogP contribution in [0.5, 0.6) is 5.75 Å². The van der Waals surface area contributed by atoms with Crippen LogP contribution >= 0.6 is 0 Å². The summed E-state index contributed by atoms with van der Waals surface area (Å²) in [5, 5.41) is 11.8. The van der Waals surface area contributed by atoms with Crippen LogP contribution < -0.4 is 10.1 Å². The highest BCUT2D eigenvalue weighted by atomic mass is 16.5. The van der Waals surface area contributed by atoms with Crippen molar-refractivity contribution in [3.05, 3.63) is 59.7 Å². The van der Waals surface area contributed by atoms with Gasteiger partial charge in [-0.25, -0.2) is 0 Å². The van der Waals surface area contributed by atoms with Crippen molar-refractivity contribution in [3.8, 4) is 5.75 Å². The van der Waals surface area contributed by atoms with E-state index in [0.29, 0.717) is 22.9 Å². The number of benzene rings is 2. The van der Waals surface area contributed by atoms with Crippen LogP contribution in [0.15, 0.2) is 48.5 Å². The lowest BCUT2D eigenvalue weighted by molar-refractivity contribution is -0.138. The zero-order chi connectivity index (χ0) is 18.4. The molecule has 0 aliphatic rings. The minimum absolute atomic E-state index is 0.111. The smallest absolute Gasteiger partial charge is 0.310 e. The van der Waals surface area contributed by atoms with E-state index in [1.165, 1.54) is 5.56 Å². The first-order valence-electron chi connectivity index (χ1n) is 8.22. The van der Waals surface area contributed by atoms with Crippen molar-refractivity contribution in [2.24, 2.45) is 0 Å². The predicted octanol–water partition coefficient (Wildman–Crippen LogP) is 4.02. The fraction of sp³-hybridized carbons (Fsp3) is 0.300. The van der Waals surface area contributed by atoms with Crippen LogP contribution in [0.4, 0.5) is 5.69 Å². The Labute approximate surface area is 147 Å². The molecule has 5 nitrogen and oxygen atoms in total. The summed E-state index contributed by atoms with van der Waals surface area (Å²) < 4.78 is 5.48. The average Bonchev–Trinajstić information content (AvgIpc) is 2.59. The number of amides is 1. The van der Waals surface area contributed by atoms with Crippen LogP contribution in [-0.4, -0.2) is 23.6 Å². The summed E-state index contributed by atoms with van der Waals surface area (Å²) in [7, 11) is 0. The minimum Gasteiger partial charge on any atom is -0.484 e. The first-order chi connectivity index (χ1) is 11.9. The van der Waals surface area contributed by atoms with E-state index in [2.05, 4.69) is 19.2 Å². The van der Waals surface area contributed by atoms with Crippen molar-refractivity contribution in [1.82, 2.24) is 0 Å². The molecule has 0 spiro atoms. The van der Waals surface area contributed by atoms with E-state index in [4.69, 9.17) is 9.84 Å². The SMILES string of the molecule is CC(C)c1ccc(OCC(=O)Nc2cccc(C(C)C(=O)O)c2)cc1. The van der Waals surface area contributed by atoms with Crippen LogP contribution in [0.1, 0.15) is 43.7 Å². The summed E-state index contributed by atoms with van der Waals surface area (Å²) in [6.45, 7) is 5.72. The van der Waals surface area contributed by atoms with E-state index in [1.807, 2.05) is 24.3 Å². The molecule has 0 aliphatic carbocycles. The molecule has 2 aromatic carbocycles. The normalized spacial score (nSPS) is 11.8. The molecule has 1 atom stereocenters. The Morgan fingerprint density at radius 3 is 2.32 bits per heavy atom. The number of anilines is 1. The van der Waals surface area contributed by atoms with Crippen molar-refractivity contribution in [3.63, 3.8) is 0 Å². The molecular formula is C20H23NO4. The van der Waals surface area contributed by atoms with Crippen molar-refractivity contribution >= 4 is 17.6 Å². The summed E-state index contributed by atoms with van der Waals surface area (Å²) in [4.78, 5) is 23.1. The number of nitrogens with one attached hydrogen (secondary N) is 1. The summed E-state index contributed by atoms with van der Waals surface area (Å²) in [5.74, 6) is -0.761. The highest BCUT2D eigenvalue weighted by Gasteiger charge is 2.14. The lowest BCUT2D eigenvalue weighted by Crippen LogP contribution is -2.20. The number of carboxylic acid groups (broad SMARTS) is 1. The fourth-order valence-corrected chi connectivity index (χ4v) is 2.32. The number of rotatable bonds is 7. The molecule has 2 rings (SSSR count). The predicted molar refractivity (Wildman–Crippen MR) is 97.1 cm³/mol. The van der Waals surface area contributed by atoms with Crippen molar-refractivity contribution in [2.75, 3.05) is 11.9 Å². The minimum atomic E-state index is -0.906. The van der Waals surface area contributed by atoms with Crippen molar-refractivity contribution < 1.29 is 19.4 Å². The van der Waals surface area contributed by atoms with E-state index in [-0.39, 0.29) is 12.5 Å². The molecule has 2 N–H and O–H groups in total. The number of ether oxygens (including phenoxy) is 1. The van der Waals surface area contributed by atoms with Gasteiger partial charge < -0.3 is 15.2 Å². The van der Waals surface area contributed by atoms with Gasteiger partial charge in [0.25, 0.3) is 5.91 Å². The average molecular weight is 341 g/mol. The fourth-order valence-electron chi connectivity index (χ4n) is 2.32. The van der Waals surface area contributed by atoms with Gasteiger partial charge in [-0.15, -0.1) is 0 Å². The first-order valence-corrected chi connectivity index (χ1v) is 8.22. The van der Waals surface area contributed by atoms with Gasteiger partial charge >= 0.3 is 5.97 Å². The Balaban J connectivity index is 1.92. The Hall–Kier alpha value is -2.82. The van der Waals surface area contributed by atoms with Gasteiger partial charge in [0.15, 0.2) is 6.61 Å². The molecule has 25 heavy (non-hydrogen) atoms. The van der Waals surface area contributed by atoms with Gasteiger partial charge in [-0.1, -0.05) is 38.1 Å². The zero-order valence-electron chi connectivity index (χ0n) is 14.7. The van der Waals surface area contributed by atoms with Gasteiger partial charge in [0.1, 0.15) is 5.75 Å². The molecule has 5 heteroatoms. The summed E-state index contributed by atoms with van der Waals surface area (Å²) >= 11 is 0. The number of aliphatic carboxylic acids is 1. The van der Waals surface area contributed by atoms with E-state index < -0.39 is 11.9 Å². The molecule has 0 saturated carbocycles. The molecule has 0 heterocycles. The molecule has 132 valence electrons. The maximum absolute atomic E-state index is 12.0. The molecule has 0 aliphatic heterocycles. The van der Waals surface area contributed by atoms with E-state index >= 15 is 0 Å². The van der Waals surface area contributed by atoms with Crippen LogP contribution in [0.2, 0.25) is 0 Å². The van der Waals surface area contributed by atoms with Gasteiger partial charge in [0.05, 0.1) is 5.92 Å². The standard InChI is InChI=1S/C20H23NO4/c1-13(2)15-7-9-18(10-8-15)25-12-19(22)21-17-6-4-5-16(11-17)14(3)20(23)24/h4-11,13-14H,12H2,1-3H3,(H,21,22)(H,23,24). The summed E-state index contributed by atoms with van der Waals surface area (Å²) in [6, 6.07) is 14.5. The second-order valence-corrected chi connectivity index (χ2v) is 6.25. The lowest BCUT2D eigenvalue weighted by Gasteiger charge is -2.11. The monoisotopic (exact) mass is 341 g/mol. The molecule has 1 amide bonds. The number of hydrogen-bond donors (Lipinski definition) is 2. The molecule has 2 aromatic rings. The Morgan fingerprint density at radius 2 is 1.72 bits per heavy atom. The van der Waals surface area contributed by atoms with Crippen molar-refractivity contribution in [1.29, 1.82) is 0 Å². The molecule has 0 saturated heterocycles. The summed E-state index contributed by atoms with van der Waals surface area (Å²) in [5.41, 5.74) is 2.39. The molecule has 0 radical (unpaired) electrons. The lowest BCUT2D eigenvalue weighted by atomic mass is 10.0. The molecule has 0 aromatic heterocycles. The van der Waals surface area contributed by atoms with Crippen LogP contribution in [-0.2, 0) is 9.59 Å². The van der Waals surface area contributed by atoms with Gasteiger partial charge in [-0.3, -0.25) is 9.59 Å². The molecule has 0 fully saturated rings. The van der Waals surface area contributed by atoms with Crippen LogP contribution in [0.3, 0.4) is 0 Å². The van der Waals surface area contributed by atoms with Gasteiger partial charge in [0, 0.05) is 5.69 Å². The zero-order valence-corrected chi connectivity index (χ0v) is 14.7. The quantitative estimate of drug-likeness (QED) is 0.798. The van der Waals surface area contributed by atoms with E-state index in [9.17, 15) is 9.59 Å². The third kappa shape index (κ3) is 5.35. The van der Waals surface area contributed by atoms with E-state index in [0.717, 1.165) is 0 Å². The maximum atomic E-state index is 12.0. The van der Waals surface area contributed by atoms with Gasteiger partial charge in [-0.2, -0.15) is 0 Å². The van der Waals surface area contributed by atoms with Crippen LogP contribution in [0, 0.1) is 0 Å². The van der Waals surface area contributed by atoms with Gasteiger partial charge in [-0.05, 0) is 48.2 Å². The number of carbonyl (C=O) groups excluding carboxylic acids is 1. The number of carboxylic acids is 1. The Morgan fingerprint density at radius 1 is 1.04 bits per heavy atom. The molecule has 1 unspecified atom stereocenters. The van der Waals surface area contributed by atoms with E-state index in [1.54, 1.807) is 31.2 Å². The maximum Gasteiger partial charge on any atom is 0.310 e. The number of carbonyl (C=O) groups is 2. The van der Waals surface area contributed by atoms with Crippen LogP contribution in [0.25, 0.3) is 0 Å². The number of hydrogen-bond acceptors (Lipinski definition) is 3. The Bertz CT molecular complexity index is 738. The third-order valence-electron chi connectivity index (χ3n) is 3.96. The second-order valence-electron chi connectivity index (χ2n) is 6.25. The highest BCUT2D eigenvalue weighted by Crippen LogP contribution is 2.20. The first kappa shape index (κ1) is 18.5. The van der Waals surface area contributed by atoms with Crippen molar-refractivity contribution in [2.45, 2.75) is 32.6 Å². The van der Waals surface area contributed by atoms with Gasteiger partial charge in [0.2, 0.25) is 0 Å².